The van der Waals surface area contributed by atoms with Crippen molar-refractivity contribution in [2.24, 2.45) is 0 Å². The van der Waals surface area contributed by atoms with Gasteiger partial charge in [-0.3, -0.25) is 9.59 Å². The molecule has 1 saturated heterocycles. The number of rotatable bonds is 3. The highest BCUT2D eigenvalue weighted by Gasteiger charge is 2.42. The number of anilines is 1. The summed E-state index contributed by atoms with van der Waals surface area (Å²) in [7, 11) is 0. The van der Waals surface area contributed by atoms with Crippen LogP contribution in [0.25, 0.3) is 5.57 Å². The minimum absolute atomic E-state index is 0.339. The molecule has 0 unspecified atom stereocenters. The van der Waals surface area contributed by atoms with Crippen LogP contribution in [0.4, 0.5) is 5.69 Å². The summed E-state index contributed by atoms with van der Waals surface area (Å²) in [5.74, 6) is -0.694. The largest absolute Gasteiger partial charge is 0.378 e. The Labute approximate surface area is 166 Å². The third kappa shape index (κ3) is 3.34. The van der Waals surface area contributed by atoms with Crippen LogP contribution in [-0.4, -0.2) is 43.0 Å². The zero-order valence-electron chi connectivity index (χ0n) is 14.3. The monoisotopic (exact) mass is 402 g/mol. The zero-order valence-corrected chi connectivity index (χ0v) is 15.8. The molecule has 2 heterocycles. The molecule has 0 aromatic heterocycles. The summed E-state index contributed by atoms with van der Waals surface area (Å²) >= 11 is 11.9. The van der Waals surface area contributed by atoms with Gasteiger partial charge < -0.3 is 9.64 Å². The van der Waals surface area contributed by atoms with Crippen molar-refractivity contribution in [3.63, 3.8) is 0 Å². The van der Waals surface area contributed by atoms with Crippen molar-refractivity contribution in [2.45, 2.75) is 0 Å². The van der Waals surface area contributed by atoms with Crippen LogP contribution in [0.3, 0.4) is 0 Å². The predicted octanol–water partition coefficient (Wildman–Crippen LogP) is 3.61. The Morgan fingerprint density at radius 3 is 1.93 bits per heavy atom. The van der Waals surface area contributed by atoms with Crippen LogP contribution in [0.15, 0.2) is 54.2 Å². The Balaban J connectivity index is 1.81. The molecule has 0 spiro atoms. The van der Waals surface area contributed by atoms with Gasteiger partial charge in [0, 0.05) is 23.1 Å². The van der Waals surface area contributed by atoms with Gasteiger partial charge in [-0.1, -0.05) is 35.3 Å². The maximum atomic E-state index is 13.3. The summed E-state index contributed by atoms with van der Waals surface area (Å²) in [5.41, 5.74) is 1.94. The van der Waals surface area contributed by atoms with Crippen molar-refractivity contribution in [1.82, 2.24) is 4.90 Å². The molecule has 0 atom stereocenters. The molecule has 4 rings (SSSR count). The van der Waals surface area contributed by atoms with E-state index in [0.717, 1.165) is 0 Å². The molecule has 0 saturated carbocycles. The summed E-state index contributed by atoms with van der Waals surface area (Å²) in [6.07, 6.45) is 0. The van der Waals surface area contributed by atoms with Crippen molar-refractivity contribution >= 4 is 46.3 Å². The van der Waals surface area contributed by atoms with E-state index in [-0.39, 0.29) is 11.8 Å². The first-order valence-electron chi connectivity index (χ1n) is 8.53. The van der Waals surface area contributed by atoms with Gasteiger partial charge >= 0.3 is 0 Å². The van der Waals surface area contributed by atoms with E-state index in [1.165, 1.54) is 4.90 Å². The van der Waals surface area contributed by atoms with E-state index in [1.54, 1.807) is 48.5 Å². The maximum Gasteiger partial charge on any atom is 0.282 e. The topological polar surface area (TPSA) is 49.9 Å². The van der Waals surface area contributed by atoms with Gasteiger partial charge in [0.25, 0.3) is 11.8 Å². The van der Waals surface area contributed by atoms with E-state index in [1.807, 2.05) is 4.90 Å². The van der Waals surface area contributed by atoms with Gasteiger partial charge in [-0.05, 0) is 42.0 Å². The molecule has 0 bridgehead atoms. The molecule has 2 aliphatic heterocycles. The fraction of sp³-hybridized carbons (Fsp3) is 0.200. The standard InChI is InChI=1S/C20H16Cl2N2O3/c21-14-3-1-13(2-4-14)17-18(23-9-11-27-12-10-23)20(26)24(19(17)25)16-7-5-15(22)6-8-16/h1-8H,9-12H2. The molecule has 5 nitrogen and oxygen atoms in total. The number of morpholine rings is 1. The van der Waals surface area contributed by atoms with E-state index in [4.69, 9.17) is 27.9 Å². The molecule has 0 aliphatic carbocycles. The Bertz CT molecular complexity index is 917. The van der Waals surface area contributed by atoms with Crippen molar-refractivity contribution in [3.05, 3.63) is 69.8 Å². The second-order valence-corrected chi connectivity index (χ2v) is 7.12. The zero-order chi connectivity index (χ0) is 19.0. The Kier molecular flexibility index (Phi) is 4.91. The minimum atomic E-state index is -0.355. The quantitative estimate of drug-likeness (QED) is 0.735. The minimum Gasteiger partial charge on any atom is -0.378 e. The fourth-order valence-corrected chi connectivity index (χ4v) is 3.55. The third-order valence-electron chi connectivity index (χ3n) is 4.60. The molecule has 27 heavy (non-hydrogen) atoms. The van der Waals surface area contributed by atoms with E-state index >= 15 is 0 Å². The van der Waals surface area contributed by atoms with E-state index in [0.29, 0.717) is 58.9 Å². The van der Waals surface area contributed by atoms with Crippen LogP contribution in [0.2, 0.25) is 10.0 Å². The number of amides is 2. The average Bonchev–Trinajstić information content (AvgIpc) is 2.94. The van der Waals surface area contributed by atoms with Crippen LogP contribution in [0, 0.1) is 0 Å². The van der Waals surface area contributed by atoms with Gasteiger partial charge in [-0.2, -0.15) is 0 Å². The molecular formula is C20H16Cl2N2O3. The lowest BCUT2D eigenvalue weighted by Crippen LogP contribution is -2.40. The van der Waals surface area contributed by atoms with Crippen LogP contribution in [0.1, 0.15) is 5.56 Å². The molecule has 2 amide bonds. The van der Waals surface area contributed by atoms with Gasteiger partial charge in [0.2, 0.25) is 0 Å². The lowest BCUT2D eigenvalue weighted by Gasteiger charge is -2.29. The first-order valence-corrected chi connectivity index (χ1v) is 9.29. The number of hydrogen-bond donors (Lipinski definition) is 0. The van der Waals surface area contributed by atoms with Crippen LogP contribution < -0.4 is 4.90 Å². The number of hydrogen-bond acceptors (Lipinski definition) is 4. The summed E-state index contributed by atoms with van der Waals surface area (Å²) in [6, 6.07) is 13.6. The second-order valence-electron chi connectivity index (χ2n) is 6.25. The smallest absolute Gasteiger partial charge is 0.282 e. The number of carbonyl (C=O) groups excluding carboxylic acids is 2. The number of benzene rings is 2. The van der Waals surface area contributed by atoms with Gasteiger partial charge in [0.15, 0.2) is 0 Å². The first-order chi connectivity index (χ1) is 13.1. The molecule has 138 valence electrons. The fourth-order valence-electron chi connectivity index (χ4n) is 3.30. The average molecular weight is 403 g/mol. The highest BCUT2D eigenvalue weighted by atomic mass is 35.5. The van der Waals surface area contributed by atoms with E-state index in [9.17, 15) is 9.59 Å². The van der Waals surface area contributed by atoms with Gasteiger partial charge in [0.1, 0.15) is 5.70 Å². The van der Waals surface area contributed by atoms with Crippen LogP contribution in [-0.2, 0) is 14.3 Å². The Morgan fingerprint density at radius 1 is 0.778 bits per heavy atom. The van der Waals surface area contributed by atoms with Gasteiger partial charge in [-0.25, -0.2) is 4.90 Å². The summed E-state index contributed by atoms with van der Waals surface area (Å²) in [5, 5.41) is 1.11. The van der Waals surface area contributed by atoms with Gasteiger partial charge in [-0.15, -0.1) is 0 Å². The summed E-state index contributed by atoms with van der Waals surface area (Å²) in [4.78, 5) is 29.6. The lowest BCUT2D eigenvalue weighted by atomic mass is 10.0. The molecule has 0 N–H and O–H groups in total. The van der Waals surface area contributed by atoms with Crippen LogP contribution in [0.5, 0.6) is 0 Å². The van der Waals surface area contributed by atoms with Crippen molar-refractivity contribution in [3.8, 4) is 0 Å². The molecule has 2 aliphatic rings. The highest BCUT2D eigenvalue weighted by Crippen LogP contribution is 2.35. The van der Waals surface area contributed by atoms with E-state index < -0.39 is 0 Å². The first kappa shape index (κ1) is 18.0. The summed E-state index contributed by atoms with van der Waals surface area (Å²) in [6.45, 7) is 2.14. The number of imide groups is 1. The predicted molar refractivity (Wildman–Crippen MR) is 105 cm³/mol. The normalized spacial score (nSPS) is 17.9. The van der Waals surface area contributed by atoms with Crippen molar-refractivity contribution < 1.29 is 14.3 Å². The molecule has 7 heteroatoms. The number of halogens is 2. The third-order valence-corrected chi connectivity index (χ3v) is 5.11. The molecule has 0 radical (unpaired) electrons. The molecule has 2 aromatic carbocycles. The Hall–Kier alpha value is -2.34. The van der Waals surface area contributed by atoms with Gasteiger partial charge in [0.05, 0.1) is 24.5 Å². The van der Waals surface area contributed by atoms with Crippen LogP contribution >= 0.6 is 23.2 Å². The SMILES string of the molecule is O=C1C(c2ccc(Cl)cc2)=C(N2CCOCC2)C(=O)N1c1ccc(Cl)cc1. The number of ether oxygens (including phenoxy) is 1. The highest BCUT2D eigenvalue weighted by molar-refractivity contribution is 6.45. The van der Waals surface area contributed by atoms with E-state index in [2.05, 4.69) is 0 Å². The summed E-state index contributed by atoms with van der Waals surface area (Å²) < 4.78 is 5.40. The van der Waals surface area contributed by atoms with Crippen molar-refractivity contribution in [2.75, 3.05) is 31.2 Å². The second kappa shape index (κ2) is 7.35. The van der Waals surface area contributed by atoms with Crippen molar-refractivity contribution in [1.29, 1.82) is 0 Å². The maximum absolute atomic E-state index is 13.3. The number of carbonyl (C=O) groups is 2. The lowest BCUT2D eigenvalue weighted by molar-refractivity contribution is -0.121. The molecular weight excluding hydrogens is 387 g/mol. The molecule has 1 fully saturated rings. The Morgan fingerprint density at radius 2 is 1.33 bits per heavy atom. The molecule has 2 aromatic rings. The number of nitrogens with zero attached hydrogens (tertiary/aromatic N) is 2.